The van der Waals surface area contributed by atoms with Crippen LogP contribution in [0.25, 0.3) is 10.2 Å². The Hall–Kier alpha value is -1.74. The van der Waals surface area contributed by atoms with Gasteiger partial charge in [0.05, 0.1) is 17.3 Å². The second-order valence-corrected chi connectivity index (χ2v) is 6.88. The molecule has 1 aromatic heterocycles. The van der Waals surface area contributed by atoms with Gasteiger partial charge < -0.3 is 20.1 Å². The predicted octanol–water partition coefficient (Wildman–Crippen LogP) is 0.915. The van der Waals surface area contributed by atoms with Crippen LogP contribution in [0, 0.1) is 0 Å². The van der Waals surface area contributed by atoms with Gasteiger partial charge >= 0.3 is 0 Å². The van der Waals surface area contributed by atoms with Crippen LogP contribution in [0.15, 0.2) is 12.1 Å². The highest BCUT2D eigenvalue weighted by Gasteiger charge is 2.25. The van der Waals surface area contributed by atoms with Crippen LogP contribution in [-0.4, -0.2) is 67.6 Å². The predicted molar refractivity (Wildman–Crippen MR) is 93.6 cm³/mol. The zero-order chi connectivity index (χ0) is 17.1. The minimum absolute atomic E-state index is 0.399. The lowest BCUT2D eigenvalue weighted by Crippen LogP contribution is -2.51. The van der Waals surface area contributed by atoms with Crippen LogP contribution < -0.4 is 15.2 Å². The van der Waals surface area contributed by atoms with Gasteiger partial charge in [-0.3, -0.25) is 9.69 Å². The Bertz CT molecular complexity index is 713. The van der Waals surface area contributed by atoms with Crippen LogP contribution in [-0.2, 0) is 11.3 Å². The number of nitrogens with two attached hydrogens (primary N) is 1. The van der Waals surface area contributed by atoms with Crippen LogP contribution in [0.2, 0.25) is 0 Å². The van der Waals surface area contributed by atoms with Crippen molar-refractivity contribution in [3.8, 4) is 11.5 Å². The van der Waals surface area contributed by atoms with Crippen LogP contribution in [0.4, 0.5) is 0 Å². The van der Waals surface area contributed by atoms with E-state index in [-0.39, 0.29) is 0 Å². The number of nitrogens with zero attached hydrogens (tertiary/aromatic N) is 3. The molecule has 7 nitrogen and oxygen atoms in total. The number of fused-ring (bicyclic) bond motifs is 1. The smallest absolute Gasteiger partial charge is 0.209 e. The maximum atomic E-state index is 11.6. The third-order valence-corrected chi connectivity index (χ3v) is 5.20. The molecule has 0 bridgehead atoms. The monoisotopic (exact) mass is 350 g/mol. The molecule has 1 aliphatic rings. The Balaban J connectivity index is 1.85. The van der Waals surface area contributed by atoms with Crippen molar-refractivity contribution in [3.63, 3.8) is 0 Å². The molecule has 0 aliphatic carbocycles. The highest BCUT2D eigenvalue weighted by atomic mass is 32.1. The van der Waals surface area contributed by atoms with E-state index < -0.39 is 6.23 Å². The first-order valence-corrected chi connectivity index (χ1v) is 8.68. The molecular weight excluding hydrogens is 328 g/mol. The number of thiazole rings is 1. The molecular formula is C16H22N4O3S. The van der Waals surface area contributed by atoms with E-state index in [1.54, 1.807) is 7.11 Å². The first-order valence-electron chi connectivity index (χ1n) is 7.86. The van der Waals surface area contributed by atoms with E-state index in [0.29, 0.717) is 18.0 Å². The van der Waals surface area contributed by atoms with Crippen molar-refractivity contribution in [2.45, 2.75) is 12.8 Å². The molecule has 24 heavy (non-hydrogen) atoms. The Morgan fingerprint density at radius 2 is 2.08 bits per heavy atom. The molecule has 2 aromatic rings. The zero-order valence-corrected chi connectivity index (χ0v) is 14.7. The van der Waals surface area contributed by atoms with Crippen molar-refractivity contribution in [1.29, 1.82) is 0 Å². The molecule has 130 valence electrons. The number of ether oxygens (including phenoxy) is 2. The average Bonchev–Trinajstić information content (AvgIpc) is 3.01. The molecule has 0 radical (unpaired) electrons. The van der Waals surface area contributed by atoms with Crippen molar-refractivity contribution in [3.05, 3.63) is 17.1 Å². The van der Waals surface area contributed by atoms with Crippen molar-refractivity contribution >= 4 is 27.8 Å². The summed E-state index contributed by atoms with van der Waals surface area (Å²) in [5.74, 6) is 1.12. The van der Waals surface area contributed by atoms with Gasteiger partial charge in [-0.1, -0.05) is 0 Å². The maximum absolute atomic E-state index is 11.6. The summed E-state index contributed by atoms with van der Waals surface area (Å²) in [6.45, 7) is 3.80. The third kappa shape index (κ3) is 3.51. The van der Waals surface area contributed by atoms with Crippen molar-refractivity contribution in [2.24, 2.45) is 5.73 Å². The first-order chi connectivity index (χ1) is 11.6. The fraction of sp³-hybridized carbons (Fsp3) is 0.500. The Labute approximate surface area is 144 Å². The molecule has 2 N–H and O–H groups in total. The van der Waals surface area contributed by atoms with Crippen LogP contribution in [0.5, 0.6) is 11.5 Å². The fourth-order valence-electron chi connectivity index (χ4n) is 2.72. The number of carbonyl (C=O) groups is 1. The maximum Gasteiger partial charge on any atom is 0.209 e. The van der Waals surface area contributed by atoms with Gasteiger partial charge in [0.25, 0.3) is 0 Å². The molecule has 1 aliphatic heterocycles. The van der Waals surface area contributed by atoms with Gasteiger partial charge in [-0.15, -0.1) is 11.3 Å². The number of piperazine rings is 1. The number of likely N-dealkylation sites (N-methyl/N-ethyl adjacent to an activating group) is 1. The standard InChI is InChI=1S/C16H22N4O3S/c1-19-3-5-20(6-4-19)16(10-21)23-13-7-11-14(8-12(13)22-2)24-15(9-17)18-11/h7-8,10,16H,3-6,9,17H2,1-2H3/t16-/m0/s1. The summed E-state index contributed by atoms with van der Waals surface area (Å²) in [4.78, 5) is 20.3. The molecule has 0 saturated carbocycles. The fourth-order valence-corrected chi connectivity index (χ4v) is 3.57. The third-order valence-electron chi connectivity index (χ3n) is 4.15. The minimum atomic E-state index is -0.627. The number of benzene rings is 1. The van der Waals surface area contributed by atoms with Crippen LogP contribution >= 0.6 is 11.3 Å². The molecule has 0 spiro atoms. The SMILES string of the molecule is COc1cc2sc(CN)nc2cc1O[C@@H](C=O)N1CCN(C)CC1. The van der Waals surface area contributed by atoms with Crippen molar-refractivity contribution < 1.29 is 14.3 Å². The van der Waals surface area contributed by atoms with Crippen molar-refractivity contribution in [1.82, 2.24) is 14.8 Å². The Morgan fingerprint density at radius 3 is 2.71 bits per heavy atom. The summed E-state index contributed by atoms with van der Waals surface area (Å²) in [5.41, 5.74) is 6.47. The lowest BCUT2D eigenvalue weighted by atomic mass is 10.3. The highest BCUT2D eigenvalue weighted by Crippen LogP contribution is 2.35. The topological polar surface area (TPSA) is 80.9 Å². The highest BCUT2D eigenvalue weighted by molar-refractivity contribution is 7.18. The lowest BCUT2D eigenvalue weighted by molar-refractivity contribution is -0.123. The van der Waals surface area contributed by atoms with Gasteiger partial charge in [0.15, 0.2) is 17.8 Å². The summed E-state index contributed by atoms with van der Waals surface area (Å²) >= 11 is 1.53. The average molecular weight is 350 g/mol. The number of rotatable bonds is 6. The first kappa shape index (κ1) is 17.1. The van der Waals surface area contributed by atoms with Crippen LogP contribution in [0.1, 0.15) is 5.01 Å². The summed E-state index contributed by atoms with van der Waals surface area (Å²) in [6, 6.07) is 3.70. The van der Waals surface area contributed by atoms with Gasteiger partial charge in [-0.05, 0) is 7.05 Å². The summed E-state index contributed by atoms with van der Waals surface area (Å²) in [5, 5.41) is 0.857. The number of carbonyl (C=O) groups excluding carboxylic acids is 1. The molecule has 2 heterocycles. The zero-order valence-electron chi connectivity index (χ0n) is 13.9. The molecule has 1 fully saturated rings. The molecule has 1 aromatic carbocycles. The number of aldehydes is 1. The van der Waals surface area contributed by atoms with E-state index in [2.05, 4.69) is 16.9 Å². The van der Waals surface area contributed by atoms with Gasteiger partial charge in [0, 0.05) is 44.9 Å². The number of hydrogen-bond donors (Lipinski definition) is 1. The van der Waals surface area contributed by atoms with E-state index in [4.69, 9.17) is 15.2 Å². The normalized spacial score (nSPS) is 17.8. The van der Waals surface area contributed by atoms with Gasteiger partial charge in [-0.25, -0.2) is 4.98 Å². The molecule has 1 saturated heterocycles. The summed E-state index contributed by atoms with van der Waals surface area (Å²) in [7, 11) is 3.66. The summed E-state index contributed by atoms with van der Waals surface area (Å²) < 4.78 is 12.4. The Morgan fingerprint density at radius 1 is 1.33 bits per heavy atom. The van der Waals surface area contributed by atoms with Gasteiger partial charge in [0.2, 0.25) is 6.23 Å². The quantitative estimate of drug-likeness (QED) is 0.776. The second-order valence-electron chi connectivity index (χ2n) is 5.77. The number of aromatic nitrogens is 1. The number of methoxy groups -OCH3 is 1. The molecule has 0 unspecified atom stereocenters. The molecule has 3 rings (SSSR count). The van der Waals surface area contributed by atoms with E-state index in [0.717, 1.165) is 47.7 Å². The van der Waals surface area contributed by atoms with Crippen LogP contribution in [0.3, 0.4) is 0 Å². The molecule has 1 atom stereocenters. The van der Waals surface area contributed by atoms with Gasteiger partial charge in [-0.2, -0.15) is 0 Å². The van der Waals surface area contributed by atoms with Crippen molar-refractivity contribution in [2.75, 3.05) is 40.3 Å². The molecule has 0 amide bonds. The molecule has 8 heteroatoms. The Kier molecular flexibility index (Phi) is 5.30. The minimum Gasteiger partial charge on any atom is -0.493 e. The largest absolute Gasteiger partial charge is 0.493 e. The lowest BCUT2D eigenvalue weighted by Gasteiger charge is -2.35. The van der Waals surface area contributed by atoms with E-state index in [1.165, 1.54) is 11.3 Å². The summed E-state index contributed by atoms with van der Waals surface area (Å²) in [6.07, 6.45) is 0.207. The van der Waals surface area contributed by atoms with E-state index in [9.17, 15) is 4.79 Å². The van der Waals surface area contributed by atoms with E-state index >= 15 is 0 Å². The van der Waals surface area contributed by atoms with Gasteiger partial charge in [0.1, 0.15) is 5.01 Å². The number of hydrogen-bond acceptors (Lipinski definition) is 8. The second kappa shape index (κ2) is 7.43. The van der Waals surface area contributed by atoms with E-state index in [1.807, 2.05) is 17.0 Å².